The lowest BCUT2D eigenvalue weighted by molar-refractivity contribution is -0.220. The molecule has 1 unspecified atom stereocenters. The van der Waals surface area contributed by atoms with Gasteiger partial charge < -0.3 is 4.90 Å². The summed E-state index contributed by atoms with van der Waals surface area (Å²) in [5.74, 6) is 3.01. The van der Waals surface area contributed by atoms with Gasteiger partial charge >= 0.3 is 6.18 Å². The third-order valence-electron chi connectivity index (χ3n) is 7.76. The number of nitrogens with zero attached hydrogens (tertiary/aromatic N) is 2. The summed E-state index contributed by atoms with van der Waals surface area (Å²) >= 11 is 0. The summed E-state index contributed by atoms with van der Waals surface area (Å²) in [6.07, 6.45) is 5.64. The molecule has 0 spiro atoms. The molecule has 1 aromatic heterocycles. The van der Waals surface area contributed by atoms with E-state index >= 15 is 0 Å². The number of terminal acetylenes is 1. The second-order valence-electron chi connectivity index (χ2n) is 8.97. The van der Waals surface area contributed by atoms with Crippen molar-refractivity contribution in [3.63, 3.8) is 0 Å². The molecule has 0 radical (unpaired) electrons. The van der Waals surface area contributed by atoms with E-state index in [1.54, 1.807) is 12.4 Å². The summed E-state index contributed by atoms with van der Waals surface area (Å²) in [6, 6.07) is -0.0841. The first-order valence-corrected chi connectivity index (χ1v) is 9.55. The van der Waals surface area contributed by atoms with Crippen molar-refractivity contribution >= 4 is 5.91 Å². The van der Waals surface area contributed by atoms with Crippen LogP contribution in [0.25, 0.3) is 0 Å². The molecule has 0 N–H and O–H groups in total. The first-order chi connectivity index (χ1) is 12.7. The van der Waals surface area contributed by atoms with Crippen LogP contribution < -0.4 is 0 Å². The first kappa shape index (κ1) is 17.1. The van der Waals surface area contributed by atoms with Gasteiger partial charge in [0.2, 0.25) is 5.91 Å². The van der Waals surface area contributed by atoms with E-state index in [2.05, 4.69) is 17.8 Å². The highest BCUT2D eigenvalue weighted by molar-refractivity contribution is 5.85. The summed E-state index contributed by atoms with van der Waals surface area (Å²) in [7, 11) is 0. The second kappa shape index (κ2) is 5.06. The largest absolute Gasteiger partial charge is 0.394 e. The lowest BCUT2D eigenvalue weighted by atomic mass is 9.68. The summed E-state index contributed by atoms with van der Waals surface area (Å²) in [5.41, 5.74) is 0.356. The Labute approximate surface area is 156 Å². The topological polar surface area (TPSA) is 33.2 Å². The summed E-state index contributed by atoms with van der Waals surface area (Å²) in [5, 5.41) is 0. The van der Waals surface area contributed by atoms with E-state index < -0.39 is 17.0 Å². The molecule has 4 aliphatic rings. The van der Waals surface area contributed by atoms with Crippen molar-refractivity contribution in [2.75, 3.05) is 6.54 Å². The number of hydrogen-bond donors (Lipinski definition) is 0. The maximum atomic E-state index is 13.6. The normalized spacial score (nSPS) is 38.9. The molecule has 1 aliphatic heterocycles. The Morgan fingerprint density at radius 1 is 1.30 bits per heavy atom. The molecular formula is C21H21F3N2O. The molecule has 0 aromatic carbocycles. The number of aromatic nitrogens is 1. The van der Waals surface area contributed by atoms with Crippen molar-refractivity contribution in [1.29, 1.82) is 0 Å². The van der Waals surface area contributed by atoms with Gasteiger partial charge in [-0.3, -0.25) is 9.78 Å². The van der Waals surface area contributed by atoms with Crippen LogP contribution in [0, 0.1) is 29.1 Å². The van der Waals surface area contributed by atoms with E-state index in [9.17, 15) is 18.0 Å². The molecular weight excluding hydrogens is 353 g/mol. The van der Waals surface area contributed by atoms with Crippen LogP contribution >= 0.6 is 0 Å². The molecule has 27 heavy (non-hydrogen) atoms. The van der Waals surface area contributed by atoms with Crippen molar-refractivity contribution in [3.05, 3.63) is 29.1 Å². The number of rotatable bonds is 1. The molecule has 3 aliphatic carbocycles. The fourth-order valence-corrected chi connectivity index (χ4v) is 6.35. The Bertz CT molecular complexity index is 876. The molecule has 3 atom stereocenters. The van der Waals surface area contributed by atoms with Crippen LogP contribution in [0.15, 0.2) is 12.4 Å². The van der Waals surface area contributed by atoms with Gasteiger partial charge in [0.15, 0.2) is 0 Å². The first-order valence-electron chi connectivity index (χ1n) is 9.55. The minimum Gasteiger partial charge on any atom is -0.334 e. The van der Waals surface area contributed by atoms with Gasteiger partial charge in [-0.15, -0.1) is 6.42 Å². The Morgan fingerprint density at radius 3 is 2.59 bits per heavy atom. The van der Waals surface area contributed by atoms with Gasteiger partial charge in [-0.2, -0.15) is 13.2 Å². The summed E-state index contributed by atoms with van der Waals surface area (Å²) in [4.78, 5) is 19.5. The zero-order valence-electron chi connectivity index (χ0n) is 15.1. The Morgan fingerprint density at radius 2 is 2.00 bits per heavy atom. The zero-order chi connectivity index (χ0) is 19.2. The second-order valence-corrected chi connectivity index (χ2v) is 8.97. The van der Waals surface area contributed by atoms with Gasteiger partial charge in [-0.1, -0.05) is 12.8 Å². The highest BCUT2D eigenvalue weighted by Gasteiger charge is 2.69. The van der Waals surface area contributed by atoms with Crippen molar-refractivity contribution < 1.29 is 18.0 Å². The number of carbonyl (C=O) groups is 1. The Balaban J connectivity index is 1.47. The quantitative estimate of drug-likeness (QED) is 0.691. The van der Waals surface area contributed by atoms with Crippen molar-refractivity contribution in [3.8, 4) is 12.3 Å². The van der Waals surface area contributed by atoms with Crippen LogP contribution in [0.3, 0.4) is 0 Å². The van der Waals surface area contributed by atoms with Crippen LogP contribution in [0.1, 0.15) is 67.7 Å². The molecule has 3 fully saturated rings. The van der Waals surface area contributed by atoms with Gasteiger partial charge in [0.05, 0.1) is 16.9 Å². The van der Waals surface area contributed by atoms with Crippen LogP contribution in [-0.2, 0) is 4.79 Å². The van der Waals surface area contributed by atoms with E-state index in [1.807, 2.05) is 4.90 Å². The van der Waals surface area contributed by atoms with Crippen LogP contribution in [0.2, 0.25) is 0 Å². The number of alkyl halides is 3. The van der Waals surface area contributed by atoms with E-state index in [4.69, 9.17) is 6.42 Å². The minimum absolute atomic E-state index is 0.0416. The monoisotopic (exact) mass is 374 g/mol. The predicted molar refractivity (Wildman–Crippen MR) is 92.5 cm³/mol. The maximum absolute atomic E-state index is 13.6. The number of likely N-dealkylation sites (tertiary alicyclic amines) is 1. The maximum Gasteiger partial charge on any atom is 0.394 e. The van der Waals surface area contributed by atoms with E-state index in [0.717, 1.165) is 16.7 Å². The molecule has 2 saturated carbocycles. The minimum atomic E-state index is -4.22. The lowest BCUT2D eigenvalue weighted by Crippen LogP contribution is -2.44. The number of pyridine rings is 1. The van der Waals surface area contributed by atoms with Gasteiger partial charge in [0.25, 0.3) is 0 Å². The molecule has 142 valence electrons. The third-order valence-corrected chi connectivity index (χ3v) is 7.76. The molecule has 5 rings (SSSR count). The lowest BCUT2D eigenvalue weighted by Gasteiger charge is -2.42. The van der Waals surface area contributed by atoms with Crippen molar-refractivity contribution in [1.82, 2.24) is 9.88 Å². The van der Waals surface area contributed by atoms with Crippen LogP contribution in [-0.4, -0.2) is 28.5 Å². The zero-order valence-corrected chi connectivity index (χ0v) is 15.1. The number of fused-ring (bicyclic) bond motifs is 6. The van der Waals surface area contributed by atoms with Crippen LogP contribution in [0.5, 0.6) is 0 Å². The van der Waals surface area contributed by atoms with Crippen LogP contribution in [0.4, 0.5) is 13.2 Å². The smallest absolute Gasteiger partial charge is 0.334 e. The predicted octanol–water partition coefficient (Wildman–Crippen LogP) is 4.19. The average Bonchev–Trinajstić information content (AvgIpc) is 3.27. The molecule has 3 nitrogen and oxygen atoms in total. The molecule has 1 amide bonds. The van der Waals surface area contributed by atoms with E-state index in [0.29, 0.717) is 19.4 Å². The third kappa shape index (κ3) is 1.95. The van der Waals surface area contributed by atoms with E-state index in [-0.39, 0.29) is 43.0 Å². The SMILES string of the molecule is C#Cc1cncc2c1C1[C@@H]2N(C(=O)C23CCC(C(F)(F)F)(CC2)C3)C[C@@H]1C. The van der Waals surface area contributed by atoms with Gasteiger partial charge in [0.1, 0.15) is 0 Å². The highest BCUT2D eigenvalue weighted by Crippen LogP contribution is 2.69. The Kier molecular flexibility index (Phi) is 3.21. The van der Waals surface area contributed by atoms with Crippen molar-refractivity contribution in [2.45, 2.75) is 57.2 Å². The van der Waals surface area contributed by atoms with Gasteiger partial charge in [-0.25, -0.2) is 0 Å². The molecule has 6 heteroatoms. The summed E-state index contributed by atoms with van der Waals surface area (Å²) < 4.78 is 40.8. The summed E-state index contributed by atoms with van der Waals surface area (Å²) in [6.45, 7) is 2.67. The van der Waals surface area contributed by atoms with Gasteiger partial charge in [0, 0.05) is 30.4 Å². The average molecular weight is 374 g/mol. The number of hydrogen-bond acceptors (Lipinski definition) is 2. The fraction of sp³-hybridized carbons (Fsp3) is 0.619. The number of amides is 1. The number of carbonyl (C=O) groups excluding carboxylic acids is 1. The highest BCUT2D eigenvalue weighted by atomic mass is 19.4. The Hall–Kier alpha value is -2.03. The standard InChI is InChI=1S/C21H21F3N2O/c1-3-13-8-25-9-14-16(13)15-12(2)10-26(17(14)15)18(27)19-4-6-20(11-19,7-5-19)21(22,23)24/h1,8-9,12,15,17H,4-7,10-11H2,2H3/t12-,15?,17+,19?,20?/m0/s1. The number of halogens is 3. The molecule has 1 saturated heterocycles. The van der Waals surface area contributed by atoms with E-state index in [1.165, 1.54) is 0 Å². The molecule has 1 aromatic rings. The molecule has 2 bridgehead atoms. The fourth-order valence-electron chi connectivity index (χ4n) is 6.35. The molecule has 2 heterocycles. The van der Waals surface area contributed by atoms with Gasteiger partial charge in [-0.05, 0) is 49.1 Å². The van der Waals surface area contributed by atoms with Crippen molar-refractivity contribution in [2.24, 2.45) is 16.7 Å².